The van der Waals surface area contributed by atoms with Crippen LogP contribution in [0.2, 0.25) is 0 Å². The van der Waals surface area contributed by atoms with Crippen molar-refractivity contribution in [2.75, 3.05) is 35.7 Å². The maximum Gasteiger partial charge on any atom is 0.251 e. The normalized spacial score (nSPS) is 13.9. The van der Waals surface area contributed by atoms with Gasteiger partial charge in [-0.1, -0.05) is 36.4 Å². The second-order valence-electron chi connectivity index (χ2n) is 13.0. The van der Waals surface area contributed by atoms with E-state index in [0.717, 1.165) is 40.7 Å². The highest BCUT2D eigenvalue weighted by atomic mass is 32.2. The number of amides is 1. The minimum atomic E-state index is -3.48. The lowest BCUT2D eigenvalue weighted by molar-refractivity contribution is 0.0949. The molecule has 0 aliphatic carbocycles. The minimum absolute atomic E-state index is 0.279. The van der Waals surface area contributed by atoms with Crippen LogP contribution in [0.15, 0.2) is 109 Å². The Labute approximate surface area is 310 Å². The van der Waals surface area contributed by atoms with Crippen LogP contribution in [0, 0.1) is 24.2 Å². The van der Waals surface area contributed by atoms with Gasteiger partial charge in [0.05, 0.1) is 49.0 Å². The molecule has 1 saturated heterocycles. The number of hydrogen-bond acceptors (Lipinski definition) is 9. The molecule has 1 atom stereocenters. The largest absolute Gasteiger partial charge is 0.493 e. The van der Waals surface area contributed by atoms with E-state index in [1.54, 1.807) is 42.6 Å². The Bertz CT molecular complexity index is 2170. The Morgan fingerprint density at radius 1 is 0.943 bits per heavy atom. The average molecular weight is 732 g/mol. The van der Waals surface area contributed by atoms with Crippen LogP contribution < -0.4 is 24.4 Å². The van der Waals surface area contributed by atoms with E-state index in [4.69, 9.17) is 14.2 Å². The summed E-state index contributed by atoms with van der Waals surface area (Å²) in [6.07, 6.45) is 3.74. The maximum absolute atomic E-state index is 13.3. The molecule has 1 fully saturated rings. The number of nitrogens with zero attached hydrogens (tertiary/aromatic N) is 3. The highest BCUT2D eigenvalue weighted by Gasteiger charge is 2.19. The Kier molecular flexibility index (Phi) is 11.9. The fourth-order valence-corrected chi connectivity index (χ4v) is 6.60. The van der Waals surface area contributed by atoms with Crippen LogP contribution in [0.4, 0.5) is 11.4 Å². The molecule has 0 radical (unpaired) electrons. The number of benzene rings is 4. The minimum Gasteiger partial charge on any atom is -0.493 e. The highest BCUT2D eigenvalue weighted by molar-refractivity contribution is 7.92. The predicted molar refractivity (Wildman–Crippen MR) is 203 cm³/mol. The van der Waals surface area contributed by atoms with Crippen molar-refractivity contribution in [3.05, 3.63) is 143 Å². The fourth-order valence-electron chi connectivity index (χ4n) is 5.98. The predicted octanol–water partition coefficient (Wildman–Crippen LogP) is 6.98. The van der Waals surface area contributed by atoms with Gasteiger partial charge in [0.2, 0.25) is 10.0 Å². The zero-order valence-electron chi connectivity index (χ0n) is 29.6. The SMILES string of the molecule is Cc1c(NS(C)(=O)=O)cccc1N(Cc1ccc(C#N)cc1)Cc1ccc(Oc2cc(OCC3CCOC3)cc(C(=O)NCc3ccccn3)c2)cc1. The molecule has 4 aromatic carbocycles. The number of anilines is 2. The van der Waals surface area contributed by atoms with Crippen molar-refractivity contribution in [2.24, 2.45) is 5.92 Å². The van der Waals surface area contributed by atoms with Gasteiger partial charge in [-0.3, -0.25) is 14.5 Å². The number of nitriles is 1. The molecule has 5 aromatic rings. The lowest BCUT2D eigenvalue weighted by Gasteiger charge is -2.28. The first kappa shape index (κ1) is 36.9. The lowest BCUT2D eigenvalue weighted by Crippen LogP contribution is -2.23. The van der Waals surface area contributed by atoms with E-state index < -0.39 is 10.0 Å². The number of carbonyl (C=O) groups excluding carboxylic acids is 1. The van der Waals surface area contributed by atoms with Crippen LogP contribution in [-0.2, 0) is 34.4 Å². The summed E-state index contributed by atoms with van der Waals surface area (Å²) in [5.41, 5.74) is 5.84. The molecule has 12 heteroatoms. The number of sulfonamides is 1. The highest BCUT2D eigenvalue weighted by Crippen LogP contribution is 2.32. The van der Waals surface area contributed by atoms with Crippen molar-refractivity contribution in [1.82, 2.24) is 10.3 Å². The summed E-state index contributed by atoms with van der Waals surface area (Å²) in [6.45, 7) is 5.01. The van der Waals surface area contributed by atoms with Gasteiger partial charge in [-0.05, 0) is 90.7 Å². The number of aromatic nitrogens is 1. The molecule has 1 aliphatic rings. The maximum atomic E-state index is 13.3. The van der Waals surface area contributed by atoms with E-state index >= 15 is 0 Å². The summed E-state index contributed by atoms with van der Waals surface area (Å²) in [4.78, 5) is 19.7. The van der Waals surface area contributed by atoms with E-state index in [1.165, 1.54) is 0 Å². The number of hydrogen-bond donors (Lipinski definition) is 2. The molecular weight excluding hydrogens is 691 g/mol. The molecule has 53 heavy (non-hydrogen) atoms. The first-order chi connectivity index (χ1) is 25.6. The van der Waals surface area contributed by atoms with Crippen LogP contribution in [0.3, 0.4) is 0 Å². The fraction of sp³-hybridized carbons (Fsp3) is 0.244. The third-order valence-electron chi connectivity index (χ3n) is 8.74. The molecule has 2 heterocycles. The molecule has 0 saturated carbocycles. The van der Waals surface area contributed by atoms with Crippen LogP contribution in [0.5, 0.6) is 17.2 Å². The number of carbonyl (C=O) groups is 1. The monoisotopic (exact) mass is 731 g/mol. The molecule has 1 aromatic heterocycles. The third-order valence-corrected chi connectivity index (χ3v) is 9.33. The number of pyridine rings is 1. The van der Waals surface area contributed by atoms with Crippen molar-refractivity contribution in [1.29, 1.82) is 5.26 Å². The Hall–Kier alpha value is -5.90. The number of nitrogens with one attached hydrogen (secondary N) is 2. The Morgan fingerprint density at radius 3 is 2.34 bits per heavy atom. The molecule has 1 amide bonds. The van der Waals surface area contributed by atoms with Crippen LogP contribution in [0.1, 0.15) is 44.7 Å². The molecule has 1 aliphatic heterocycles. The number of rotatable bonds is 15. The van der Waals surface area contributed by atoms with E-state index in [0.29, 0.717) is 67.0 Å². The van der Waals surface area contributed by atoms with E-state index in [2.05, 4.69) is 26.0 Å². The van der Waals surface area contributed by atoms with Gasteiger partial charge < -0.3 is 24.4 Å². The van der Waals surface area contributed by atoms with E-state index in [1.807, 2.05) is 73.7 Å². The Morgan fingerprint density at radius 2 is 1.68 bits per heavy atom. The van der Waals surface area contributed by atoms with Crippen LogP contribution in [-0.4, -0.2) is 45.4 Å². The first-order valence-corrected chi connectivity index (χ1v) is 19.1. The molecule has 6 rings (SSSR count). The number of ether oxygens (including phenoxy) is 3. The van der Waals surface area contributed by atoms with E-state index in [-0.39, 0.29) is 18.4 Å². The molecule has 272 valence electrons. The van der Waals surface area contributed by atoms with Gasteiger partial charge in [-0.25, -0.2) is 8.42 Å². The Balaban J connectivity index is 1.21. The second kappa shape index (κ2) is 17.1. The van der Waals surface area contributed by atoms with E-state index in [9.17, 15) is 18.5 Å². The third kappa shape index (κ3) is 10.6. The first-order valence-electron chi connectivity index (χ1n) is 17.2. The summed E-state index contributed by atoms with van der Waals surface area (Å²) in [5, 5.41) is 12.2. The molecule has 0 bridgehead atoms. The van der Waals surface area contributed by atoms with Gasteiger partial charge in [0, 0.05) is 49.1 Å². The molecular formula is C41H41N5O6S. The van der Waals surface area contributed by atoms with Gasteiger partial charge >= 0.3 is 0 Å². The standard InChI is InChI=1S/C41H41N5O6S/c1-29-39(45-53(2,48)49)7-5-8-40(29)46(25-31-11-9-30(23-42)10-12-31)26-32-13-15-36(16-14-32)52-38-21-34(41(47)44-24-35-6-3-4-18-43-35)20-37(22-38)51-28-33-17-19-50-27-33/h3-16,18,20-22,33,45H,17,19,24-28H2,1-2H3,(H,44,47). The summed E-state index contributed by atoms with van der Waals surface area (Å²) in [6, 6.07) is 33.5. The van der Waals surface area contributed by atoms with Gasteiger partial charge in [-0.2, -0.15) is 5.26 Å². The smallest absolute Gasteiger partial charge is 0.251 e. The summed E-state index contributed by atoms with van der Waals surface area (Å²) in [5.74, 6) is 1.56. The molecule has 1 unspecified atom stereocenters. The van der Waals surface area contributed by atoms with Crippen molar-refractivity contribution < 1.29 is 27.4 Å². The summed E-state index contributed by atoms with van der Waals surface area (Å²) >= 11 is 0. The van der Waals surface area contributed by atoms with Crippen molar-refractivity contribution in [2.45, 2.75) is 33.0 Å². The average Bonchev–Trinajstić information content (AvgIpc) is 3.68. The second-order valence-corrected chi connectivity index (χ2v) is 14.7. The topological polar surface area (TPSA) is 143 Å². The van der Waals surface area contributed by atoms with Crippen molar-refractivity contribution in [3.63, 3.8) is 0 Å². The van der Waals surface area contributed by atoms with Crippen LogP contribution >= 0.6 is 0 Å². The lowest BCUT2D eigenvalue weighted by atomic mass is 10.1. The molecule has 0 spiro atoms. The summed E-state index contributed by atoms with van der Waals surface area (Å²) in [7, 11) is -3.48. The molecule has 2 N–H and O–H groups in total. The molecule has 11 nitrogen and oxygen atoms in total. The zero-order valence-corrected chi connectivity index (χ0v) is 30.4. The zero-order chi connectivity index (χ0) is 37.2. The van der Waals surface area contributed by atoms with Gasteiger partial charge in [-0.15, -0.1) is 0 Å². The quantitative estimate of drug-likeness (QED) is 0.117. The van der Waals surface area contributed by atoms with Crippen LogP contribution in [0.25, 0.3) is 0 Å². The van der Waals surface area contributed by atoms with Gasteiger partial charge in [0.25, 0.3) is 5.91 Å². The summed E-state index contributed by atoms with van der Waals surface area (Å²) < 4.78 is 44.7. The van der Waals surface area contributed by atoms with Gasteiger partial charge in [0.1, 0.15) is 17.2 Å². The van der Waals surface area contributed by atoms with Gasteiger partial charge in [0.15, 0.2) is 0 Å². The van der Waals surface area contributed by atoms with Crippen molar-refractivity contribution in [3.8, 4) is 23.3 Å². The van der Waals surface area contributed by atoms with Crippen molar-refractivity contribution >= 4 is 27.3 Å².